The van der Waals surface area contributed by atoms with Crippen LogP contribution in [0, 0.1) is 0 Å². The minimum Gasteiger partial charge on any atom is -0.480 e. The summed E-state index contributed by atoms with van der Waals surface area (Å²) in [7, 11) is 0. The number of amides is 2. The van der Waals surface area contributed by atoms with Crippen LogP contribution in [0.1, 0.15) is 41.7 Å². The molecule has 0 radical (unpaired) electrons. The highest BCUT2D eigenvalue weighted by Crippen LogP contribution is 2.44. The minimum atomic E-state index is -1.12. The molecule has 182 valence electrons. The molecule has 1 aliphatic carbocycles. The van der Waals surface area contributed by atoms with E-state index in [1.165, 1.54) is 11.3 Å². The summed E-state index contributed by atoms with van der Waals surface area (Å²) < 4.78 is 5.56. The molecule has 1 aliphatic rings. The summed E-state index contributed by atoms with van der Waals surface area (Å²) >= 11 is 1.33. The molecule has 0 fully saturated rings. The number of fused-ring (bicyclic) bond motifs is 3. The van der Waals surface area contributed by atoms with Crippen LogP contribution in [0.4, 0.5) is 4.79 Å². The number of ether oxygens (including phenoxy) is 1. The van der Waals surface area contributed by atoms with E-state index in [0.717, 1.165) is 27.1 Å². The number of nitrogens with zero attached hydrogens (tertiary/aromatic N) is 1. The Hall–Kier alpha value is -3.72. The number of carboxylic acids is 1. The Morgan fingerprint density at radius 3 is 2.29 bits per heavy atom. The summed E-state index contributed by atoms with van der Waals surface area (Å²) in [6.07, 6.45) is 1.57. The molecule has 3 aromatic rings. The number of aromatic nitrogens is 1. The van der Waals surface area contributed by atoms with Gasteiger partial charge in [-0.15, -0.1) is 11.3 Å². The third kappa shape index (κ3) is 5.86. The van der Waals surface area contributed by atoms with Gasteiger partial charge in [0.25, 0.3) is 0 Å². The Morgan fingerprint density at radius 1 is 1.06 bits per heavy atom. The molecular formula is C26H27N3O5S. The van der Waals surface area contributed by atoms with Gasteiger partial charge in [-0.25, -0.2) is 9.59 Å². The maximum Gasteiger partial charge on any atom is 0.407 e. The molecule has 35 heavy (non-hydrogen) atoms. The topological polar surface area (TPSA) is 118 Å². The lowest BCUT2D eigenvalue weighted by molar-refractivity contribution is -0.141. The summed E-state index contributed by atoms with van der Waals surface area (Å²) in [5.41, 5.74) is 6.14. The van der Waals surface area contributed by atoms with Gasteiger partial charge in [-0.1, -0.05) is 55.5 Å². The summed E-state index contributed by atoms with van der Waals surface area (Å²) in [6.45, 7) is 2.02. The Kier molecular flexibility index (Phi) is 7.77. The molecule has 0 saturated heterocycles. The van der Waals surface area contributed by atoms with Crippen LogP contribution < -0.4 is 10.6 Å². The number of thiazole rings is 1. The second-order valence-corrected chi connectivity index (χ2v) is 9.38. The lowest BCUT2D eigenvalue weighted by Gasteiger charge is -2.20. The van der Waals surface area contributed by atoms with E-state index in [0.29, 0.717) is 6.42 Å². The first kappa shape index (κ1) is 24.4. The average molecular weight is 494 g/mol. The zero-order valence-electron chi connectivity index (χ0n) is 19.3. The van der Waals surface area contributed by atoms with Gasteiger partial charge in [-0.2, -0.15) is 0 Å². The lowest BCUT2D eigenvalue weighted by atomic mass is 9.98. The minimum absolute atomic E-state index is 0.0484. The van der Waals surface area contributed by atoms with Crippen LogP contribution in [0.3, 0.4) is 0 Å². The molecule has 2 amide bonds. The Labute approximate surface area is 207 Å². The molecule has 0 spiro atoms. The number of nitrogens with one attached hydrogen (secondary N) is 2. The number of hydrogen-bond donors (Lipinski definition) is 3. The molecule has 1 aromatic heterocycles. The summed E-state index contributed by atoms with van der Waals surface area (Å²) in [5, 5.41) is 14.7. The van der Waals surface area contributed by atoms with Gasteiger partial charge >= 0.3 is 12.1 Å². The maximum atomic E-state index is 12.6. The molecule has 9 heteroatoms. The molecule has 3 N–H and O–H groups in total. The molecule has 4 rings (SSSR count). The summed E-state index contributed by atoms with van der Waals surface area (Å²) in [4.78, 5) is 41.3. The number of benzene rings is 2. The van der Waals surface area contributed by atoms with Crippen molar-refractivity contribution in [2.24, 2.45) is 0 Å². The van der Waals surface area contributed by atoms with Crippen LogP contribution in [0.2, 0.25) is 0 Å². The van der Waals surface area contributed by atoms with Crippen molar-refractivity contribution in [1.82, 2.24) is 15.6 Å². The number of rotatable bonds is 10. The van der Waals surface area contributed by atoms with Gasteiger partial charge in [-0.3, -0.25) is 9.78 Å². The molecule has 8 nitrogen and oxygen atoms in total. The molecule has 1 unspecified atom stereocenters. The van der Waals surface area contributed by atoms with Gasteiger partial charge in [0.15, 0.2) is 0 Å². The summed E-state index contributed by atoms with van der Waals surface area (Å²) in [6, 6.07) is 14.6. The van der Waals surface area contributed by atoms with Crippen molar-refractivity contribution in [2.75, 3.05) is 6.61 Å². The average Bonchev–Trinajstić information content (AvgIpc) is 3.48. The van der Waals surface area contributed by atoms with Crippen molar-refractivity contribution >= 4 is 29.3 Å². The zero-order valence-corrected chi connectivity index (χ0v) is 20.1. The third-order valence-electron chi connectivity index (χ3n) is 6.11. The van der Waals surface area contributed by atoms with E-state index < -0.39 is 30.1 Å². The van der Waals surface area contributed by atoms with Crippen LogP contribution >= 0.6 is 11.3 Å². The molecular weight excluding hydrogens is 466 g/mol. The smallest absolute Gasteiger partial charge is 0.407 e. The second-order valence-electron chi connectivity index (χ2n) is 8.41. The van der Waals surface area contributed by atoms with Crippen LogP contribution in [-0.4, -0.2) is 46.8 Å². The monoisotopic (exact) mass is 493 g/mol. The first-order valence-electron chi connectivity index (χ1n) is 11.5. The molecule has 1 heterocycles. The highest BCUT2D eigenvalue weighted by molar-refractivity contribution is 7.09. The fourth-order valence-corrected chi connectivity index (χ4v) is 4.97. The highest BCUT2D eigenvalue weighted by Gasteiger charge is 2.29. The number of aliphatic carboxylic acids is 1. The quantitative estimate of drug-likeness (QED) is 0.394. The Balaban J connectivity index is 1.31. The van der Waals surface area contributed by atoms with Crippen molar-refractivity contribution in [3.8, 4) is 11.1 Å². The number of alkyl carbamates (subject to hydrolysis) is 1. The van der Waals surface area contributed by atoms with Gasteiger partial charge in [-0.05, 0) is 28.7 Å². The van der Waals surface area contributed by atoms with Gasteiger partial charge < -0.3 is 20.5 Å². The van der Waals surface area contributed by atoms with Crippen molar-refractivity contribution < 1.29 is 24.2 Å². The van der Waals surface area contributed by atoms with Gasteiger partial charge in [0.2, 0.25) is 5.91 Å². The molecule has 2 atom stereocenters. The van der Waals surface area contributed by atoms with Crippen molar-refractivity contribution in [3.63, 3.8) is 0 Å². The molecule has 2 aromatic carbocycles. The normalized spacial score (nSPS) is 13.9. The van der Waals surface area contributed by atoms with E-state index >= 15 is 0 Å². The predicted molar refractivity (Wildman–Crippen MR) is 132 cm³/mol. The van der Waals surface area contributed by atoms with Crippen molar-refractivity contribution in [2.45, 2.75) is 44.2 Å². The van der Waals surface area contributed by atoms with E-state index in [-0.39, 0.29) is 25.4 Å². The van der Waals surface area contributed by atoms with E-state index in [2.05, 4.69) is 27.8 Å². The second kappa shape index (κ2) is 11.1. The van der Waals surface area contributed by atoms with E-state index in [1.54, 1.807) is 11.7 Å². The van der Waals surface area contributed by atoms with Crippen molar-refractivity contribution in [3.05, 3.63) is 76.2 Å². The first-order valence-corrected chi connectivity index (χ1v) is 12.3. The van der Waals surface area contributed by atoms with Gasteiger partial charge in [0, 0.05) is 35.9 Å². The van der Waals surface area contributed by atoms with Gasteiger partial charge in [0.1, 0.15) is 12.6 Å². The predicted octanol–water partition coefficient (Wildman–Crippen LogP) is 3.96. The Morgan fingerprint density at radius 2 is 1.71 bits per heavy atom. The number of carbonyl (C=O) groups is 3. The van der Waals surface area contributed by atoms with Gasteiger partial charge in [0.05, 0.1) is 5.51 Å². The standard InChI is InChI=1S/C26H27N3O5S/c1-2-16(11-24(30)29-23(25(31)32)12-17-13-27-15-35-17)28-26(33)34-14-22-20-9-5-3-7-18(20)19-8-4-6-10-21(19)22/h3-10,13,15-16,22-23H,2,11-12,14H2,1H3,(H,28,33)(H,29,30)(H,31,32)/t16-,23?/m1/s1. The molecule has 0 bridgehead atoms. The largest absolute Gasteiger partial charge is 0.480 e. The van der Waals surface area contributed by atoms with Crippen LogP contribution in [0.25, 0.3) is 11.1 Å². The SMILES string of the molecule is CC[C@H](CC(=O)NC(Cc1cncs1)C(=O)O)NC(=O)OCC1c2ccccc2-c2ccccc21. The van der Waals surface area contributed by atoms with E-state index in [9.17, 15) is 19.5 Å². The fraction of sp³-hybridized carbons (Fsp3) is 0.308. The third-order valence-corrected chi connectivity index (χ3v) is 6.91. The van der Waals surface area contributed by atoms with E-state index in [1.807, 2.05) is 43.3 Å². The van der Waals surface area contributed by atoms with E-state index in [4.69, 9.17) is 4.74 Å². The van der Waals surface area contributed by atoms with Crippen LogP contribution in [0.5, 0.6) is 0 Å². The first-order chi connectivity index (χ1) is 17.0. The number of hydrogen-bond acceptors (Lipinski definition) is 6. The molecule has 0 aliphatic heterocycles. The maximum absolute atomic E-state index is 12.6. The lowest BCUT2D eigenvalue weighted by Crippen LogP contribution is -2.45. The fourth-order valence-electron chi connectivity index (χ4n) is 4.33. The van der Waals surface area contributed by atoms with Crippen LogP contribution in [-0.2, 0) is 20.7 Å². The number of carbonyl (C=O) groups excluding carboxylic acids is 2. The zero-order chi connectivity index (χ0) is 24.8. The highest BCUT2D eigenvalue weighted by atomic mass is 32.1. The summed E-state index contributed by atoms with van der Waals surface area (Å²) in [5.74, 6) is -1.63. The van der Waals surface area contributed by atoms with Crippen molar-refractivity contribution in [1.29, 1.82) is 0 Å². The molecule has 0 saturated carbocycles. The number of carboxylic acid groups (broad SMARTS) is 1. The van der Waals surface area contributed by atoms with Crippen LogP contribution in [0.15, 0.2) is 60.2 Å². The Bertz CT molecular complexity index is 1150.